The number of hydrogen-bond acceptors (Lipinski definition) is 2. The summed E-state index contributed by atoms with van der Waals surface area (Å²) in [5.41, 5.74) is 7.60. The van der Waals surface area contributed by atoms with Crippen LogP contribution in [0.3, 0.4) is 0 Å². The van der Waals surface area contributed by atoms with Gasteiger partial charge in [0.1, 0.15) is 6.26 Å². The minimum Gasteiger partial charge on any atom is -0.513 e. The first-order valence-electron chi connectivity index (χ1n) is 3.61. The SMILES string of the molecule is C=Cc1ccccc1/C(N)=C/O. The van der Waals surface area contributed by atoms with Crippen molar-refractivity contribution in [1.82, 2.24) is 0 Å². The first-order chi connectivity index (χ1) is 5.79. The Hall–Kier alpha value is -1.70. The van der Waals surface area contributed by atoms with Crippen LogP contribution in [-0.4, -0.2) is 5.11 Å². The van der Waals surface area contributed by atoms with E-state index in [2.05, 4.69) is 6.58 Å². The van der Waals surface area contributed by atoms with Crippen LogP contribution in [0.25, 0.3) is 11.8 Å². The number of hydrogen-bond donors (Lipinski definition) is 2. The predicted molar refractivity (Wildman–Crippen MR) is 51.3 cm³/mol. The molecule has 0 spiro atoms. The fourth-order valence-corrected chi connectivity index (χ4v) is 1.01. The van der Waals surface area contributed by atoms with Crippen molar-refractivity contribution in [3.05, 3.63) is 48.2 Å². The van der Waals surface area contributed by atoms with Crippen LogP contribution < -0.4 is 5.73 Å². The van der Waals surface area contributed by atoms with E-state index in [4.69, 9.17) is 10.8 Å². The molecule has 2 nitrogen and oxygen atoms in total. The Balaban J connectivity index is 3.22. The Morgan fingerprint density at radius 1 is 1.42 bits per heavy atom. The molecular weight excluding hydrogens is 150 g/mol. The topological polar surface area (TPSA) is 46.2 Å². The summed E-state index contributed by atoms with van der Waals surface area (Å²) < 4.78 is 0. The molecule has 0 aliphatic carbocycles. The van der Waals surface area contributed by atoms with Crippen molar-refractivity contribution in [3.63, 3.8) is 0 Å². The lowest BCUT2D eigenvalue weighted by atomic mass is 10.1. The van der Waals surface area contributed by atoms with E-state index >= 15 is 0 Å². The van der Waals surface area contributed by atoms with E-state index in [9.17, 15) is 0 Å². The van der Waals surface area contributed by atoms with Gasteiger partial charge in [0.05, 0.1) is 5.70 Å². The fourth-order valence-electron chi connectivity index (χ4n) is 1.01. The molecule has 0 aliphatic rings. The van der Waals surface area contributed by atoms with Crippen LogP contribution in [-0.2, 0) is 0 Å². The van der Waals surface area contributed by atoms with Gasteiger partial charge in [0.2, 0.25) is 0 Å². The summed E-state index contributed by atoms with van der Waals surface area (Å²) in [4.78, 5) is 0. The Kier molecular flexibility index (Phi) is 2.53. The van der Waals surface area contributed by atoms with Crippen LogP contribution in [0.5, 0.6) is 0 Å². The van der Waals surface area contributed by atoms with E-state index in [1.165, 1.54) is 0 Å². The normalized spacial score (nSPS) is 11.2. The van der Waals surface area contributed by atoms with Crippen molar-refractivity contribution in [2.75, 3.05) is 0 Å². The lowest BCUT2D eigenvalue weighted by Crippen LogP contribution is -1.97. The highest BCUT2D eigenvalue weighted by Gasteiger charge is 1.99. The lowest BCUT2D eigenvalue weighted by Gasteiger charge is -2.03. The quantitative estimate of drug-likeness (QED) is 0.653. The van der Waals surface area contributed by atoms with Gasteiger partial charge in [-0.2, -0.15) is 0 Å². The van der Waals surface area contributed by atoms with Gasteiger partial charge in [-0.15, -0.1) is 0 Å². The third kappa shape index (κ3) is 1.48. The van der Waals surface area contributed by atoms with E-state index in [1.54, 1.807) is 6.08 Å². The molecule has 0 fully saturated rings. The largest absolute Gasteiger partial charge is 0.513 e. The van der Waals surface area contributed by atoms with E-state index in [0.29, 0.717) is 5.70 Å². The fraction of sp³-hybridized carbons (Fsp3) is 0. The summed E-state index contributed by atoms with van der Waals surface area (Å²) in [5.74, 6) is 0. The highest BCUT2D eigenvalue weighted by Crippen LogP contribution is 2.15. The van der Waals surface area contributed by atoms with Crippen LogP contribution in [0.15, 0.2) is 37.1 Å². The predicted octanol–water partition coefficient (Wildman–Crippen LogP) is 2.14. The van der Waals surface area contributed by atoms with Gasteiger partial charge in [-0.05, 0) is 5.56 Å². The van der Waals surface area contributed by atoms with Crippen molar-refractivity contribution < 1.29 is 5.11 Å². The first-order valence-corrected chi connectivity index (χ1v) is 3.61. The first kappa shape index (κ1) is 8.40. The van der Waals surface area contributed by atoms with Crippen molar-refractivity contribution in [1.29, 1.82) is 0 Å². The third-order valence-corrected chi connectivity index (χ3v) is 1.63. The second-order valence-corrected chi connectivity index (χ2v) is 2.38. The van der Waals surface area contributed by atoms with Gasteiger partial charge in [-0.25, -0.2) is 0 Å². The summed E-state index contributed by atoms with van der Waals surface area (Å²) in [6.45, 7) is 3.64. The van der Waals surface area contributed by atoms with Crippen LogP contribution in [0.1, 0.15) is 11.1 Å². The van der Waals surface area contributed by atoms with Crippen molar-refractivity contribution in [2.45, 2.75) is 0 Å². The molecule has 0 atom stereocenters. The highest BCUT2D eigenvalue weighted by molar-refractivity contribution is 5.71. The minimum atomic E-state index is 0.352. The molecule has 0 radical (unpaired) electrons. The number of nitrogens with two attached hydrogens (primary N) is 1. The summed E-state index contributed by atoms with van der Waals surface area (Å²) in [6.07, 6.45) is 2.59. The van der Waals surface area contributed by atoms with Gasteiger partial charge in [0, 0.05) is 5.56 Å². The monoisotopic (exact) mass is 161 g/mol. The van der Waals surface area contributed by atoms with E-state index < -0.39 is 0 Å². The molecule has 12 heavy (non-hydrogen) atoms. The summed E-state index contributed by atoms with van der Waals surface area (Å²) in [5, 5.41) is 8.69. The molecule has 0 aromatic heterocycles. The van der Waals surface area contributed by atoms with E-state index in [1.807, 2.05) is 24.3 Å². The summed E-state index contributed by atoms with van der Waals surface area (Å²) >= 11 is 0. The van der Waals surface area contributed by atoms with Crippen LogP contribution >= 0.6 is 0 Å². The number of aliphatic hydroxyl groups is 1. The van der Waals surface area contributed by atoms with Gasteiger partial charge in [-0.1, -0.05) is 36.9 Å². The molecule has 1 aromatic rings. The average molecular weight is 161 g/mol. The van der Waals surface area contributed by atoms with E-state index in [0.717, 1.165) is 17.4 Å². The van der Waals surface area contributed by atoms with Crippen molar-refractivity contribution in [3.8, 4) is 0 Å². The average Bonchev–Trinajstić information content (AvgIpc) is 2.16. The number of benzene rings is 1. The molecule has 0 bridgehead atoms. The molecule has 0 amide bonds. The van der Waals surface area contributed by atoms with Gasteiger partial charge < -0.3 is 10.8 Å². The highest BCUT2D eigenvalue weighted by atomic mass is 16.2. The van der Waals surface area contributed by atoms with Gasteiger partial charge >= 0.3 is 0 Å². The van der Waals surface area contributed by atoms with Crippen LogP contribution in [0.2, 0.25) is 0 Å². The van der Waals surface area contributed by atoms with Gasteiger partial charge in [-0.3, -0.25) is 0 Å². The Morgan fingerprint density at radius 2 is 2.08 bits per heavy atom. The molecule has 1 rings (SSSR count). The Bertz CT molecular complexity index is 315. The molecule has 0 saturated heterocycles. The third-order valence-electron chi connectivity index (χ3n) is 1.63. The molecule has 0 saturated carbocycles. The number of aliphatic hydroxyl groups excluding tert-OH is 1. The number of rotatable bonds is 2. The molecule has 62 valence electrons. The van der Waals surface area contributed by atoms with Gasteiger partial charge in [0.15, 0.2) is 0 Å². The smallest absolute Gasteiger partial charge is 0.103 e. The molecular formula is C10H11NO. The zero-order valence-corrected chi connectivity index (χ0v) is 6.70. The lowest BCUT2D eigenvalue weighted by molar-refractivity contribution is 0.475. The van der Waals surface area contributed by atoms with Crippen molar-refractivity contribution >= 4 is 11.8 Å². The Labute approximate surface area is 71.6 Å². The molecule has 2 heteroatoms. The zero-order chi connectivity index (χ0) is 8.97. The maximum Gasteiger partial charge on any atom is 0.103 e. The van der Waals surface area contributed by atoms with Gasteiger partial charge in [0.25, 0.3) is 0 Å². The maximum atomic E-state index is 8.69. The van der Waals surface area contributed by atoms with Crippen molar-refractivity contribution in [2.24, 2.45) is 5.73 Å². The summed E-state index contributed by atoms with van der Waals surface area (Å²) in [7, 11) is 0. The molecule has 0 heterocycles. The molecule has 3 N–H and O–H groups in total. The standard InChI is InChI=1S/C10H11NO/c1-2-8-5-3-4-6-9(8)10(11)7-12/h2-7,12H,1,11H2/b10-7-. The van der Waals surface area contributed by atoms with Crippen LogP contribution in [0, 0.1) is 0 Å². The molecule has 0 unspecified atom stereocenters. The molecule has 0 aliphatic heterocycles. The minimum absolute atomic E-state index is 0.352. The zero-order valence-electron chi connectivity index (χ0n) is 6.70. The van der Waals surface area contributed by atoms with Crippen LogP contribution in [0.4, 0.5) is 0 Å². The second-order valence-electron chi connectivity index (χ2n) is 2.38. The Morgan fingerprint density at radius 3 is 2.67 bits per heavy atom. The maximum absolute atomic E-state index is 8.69. The van der Waals surface area contributed by atoms with E-state index in [-0.39, 0.29) is 0 Å². The second kappa shape index (κ2) is 3.62. The summed E-state index contributed by atoms with van der Waals surface area (Å²) in [6, 6.07) is 7.47. The molecule has 1 aromatic carbocycles.